The van der Waals surface area contributed by atoms with E-state index in [1.165, 1.54) is 5.56 Å². The SMILES string of the molecule is Cc1ccc(CS(=O)(=O)N2CCC(C(=O)N3CCN(C/C=C/c4ccccc4)CC3)CC2)cc1. The number of hydrogen-bond acceptors (Lipinski definition) is 4. The van der Waals surface area contributed by atoms with Gasteiger partial charge in [0.15, 0.2) is 0 Å². The Labute approximate surface area is 203 Å². The predicted molar refractivity (Wildman–Crippen MR) is 137 cm³/mol. The van der Waals surface area contributed by atoms with Crippen molar-refractivity contribution in [3.05, 3.63) is 77.4 Å². The smallest absolute Gasteiger partial charge is 0.225 e. The summed E-state index contributed by atoms with van der Waals surface area (Å²) in [6.07, 6.45) is 5.52. The summed E-state index contributed by atoms with van der Waals surface area (Å²) in [7, 11) is -3.36. The Morgan fingerprint density at radius 3 is 2.21 bits per heavy atom. The van der Waals surface area contributed by atoms with E-state index < -0.39 is 10.0 Å². The van der Waals surface area contributed by atoms with E-state index in [2.05, 4.69) is 29.2 Å². The normalized spacial score (nSPS) is 19.0. The monoisotopic (exact) mass is 481 g/mol. The van der Waals surface area contributed by atoms with Crippen molar-refractivity contribution >= 4 is 22.0 Å². The van der Waals surface area contributed by atoms with Crippen LogP contribution in [0, 0.1) is 12.8 Å². The molecule has 0 saturated carbocycles. The Kier molecular flexibility index (Phi) is 8.19. The van der Waals surface area contributed by atoms with Gasteiger partial charge in [-0.15, -0.1) is 0 Å². The summed E-state index contributed by atoms with van der Waals surface area (Å²) in [5.41, 5.74) is 3.12. The molecule has 2 heterocycles. The number of piperazine rings is 1. The number of aryl methyl sites for hydroxylation is 1. The van der Waals surface area contributed by atoms with Gasteiger partial charge in [-0.05, 0) is 30.9 Å². The van der Waals surface area contributed by atoms with Crippen molar-refractivity contribution in [3.8, 4) is 0 Å². The van der Waals surface area contributed by atoms with Crippen LogP contribution in [0.25, 0.3) is 6.08 Å². The molecule has 0 N–H and O–H groups in total. The molecular formula is C27H35N3O3S. The lowest BCUT2D eigenvalue weighted by Crippen LogP contribution is -2.51. The topological polar surface area (TPSA) is 60.9 Å². The van der Waals surface area contributed by atoms with E-state index in [0.717, 1.165) is 43.9 Å². The predicted octanol–water partition coefficient (Wildman–Crippen LogP) is 3.39. The first-order valence-electron chi connectivity index (χ1n) is 12.2. The van der Waals surface area contributed by atoms with E-state index in [-0.39, 0.29) is 17.6 Å². The highest BCUT2D eigenvalue weighted by Gasteiger charge is 2.33. The maximum Gasteiger partial charge on any atom is 0.225 e. The molecule has 0 atom stereocenters. The molecule has 1 amide bonds. The van der Waals surface area contributed by atoms with Crippen LogP contribution >= 0.6 is 0 Å². The maximum atomic E-state index is 13.1. The van der Waals surface area contributed by atoms with Crippen molar-refractivity contribution in [2.45, 2.75) is 25.5 Å². The molecular weight excluding hydrogens is 446 g/mol. The fourth-order valence-corrected chi connectivity index (χ4v) is 6.24. The van der Waals surface area contributed by atoms with E-state index in [1.807, 2.05) is 54.3 Å². The van der Waals surface area contributed by atoms with E-state index in [9.17, 15) is 13.2 Å². The molecule has 2 fully saturated rings. The van der Waals surface area contributed by atoms with E-state index >= 15 is 0 Å². The molecule has 0 unspecified atom stereocenters. The summed E-state index contributed by atoms with van der Waals surface area (Å²) < 4.78 is 27.3. The molecule has 7 heteroatoms. The van der Waals surface area contributed by atoms with Crippen LogP contribution in [0.2, 0.25) is 0 Å². The quantitative estimate of drug-likeness (QED) is 0.608. The summed E-state index contributed by atoms with van der Waals surface area (Å²) in [4.78, 5) is 17.4. The van der Waals surface area contributed by atoms with Gasteiger partial charge in [0.05, 0.1) is 5.75 Å². The molecule has 182 valence electrons. The Morgan fingerprint density at radius 1 is 0.912 bits per heavy atom. The molecule has 2 saturated heterocycles. The van der Waals surface area contributed by atoms with Crippen molar-refractivity contribution in [2.24, 2.45) is 5.92 Å². The maximum absolute atomic E-state index is 13.1. The lowest BCUT2D eigenvalue weighted by molar-refractivity contribution is -0.138. The second-order valence-electron chi connectivity index (χ2n) is 9.35. The van der Waals surface area contributed by atoms with Crippen molar-refractivity contribution in [3.63, 3.8) is 0 Å². The van der Waals surface area contributed by atoms with Gasteiger partial charge >= 0.3 is 0 Å². The highest BCUT2D eigenvalue weighted by Crippen LogP contribution is 2.24. The molecule has 4 rings (SSSR count). The highest BCUT2D eigenvalue weighted by molar-refractivity contribution is 7.88. The van der Waals surface area contributed by atoms with Gasteiger partial charge in [-0.1, -0.05) is 72.3 Å². The second kappa shape index (κ2) is 11.3. The zero-order valence-corrected chi connectivity index (χ0v) is 20.8. The van der Waals surface area contributed by atoms with Crippen LogP contribution in [0.5, 0.6) is 0 Å². The molecule has 2 aromatic rings. The fourth-order valence-electron chi connectivity index (χ4n) is 4.68. The Morgan fingerprint density at radius 2 is 1.56 bits per heavy atom. The van der Waals surface area contributed by atoms with Gasteiger partial charge in [-0.3, -0.25) is 9.69 Å². The van der Waals surface area contributed by atoms with Gasteiger partial charge < -0.3 is 4.90 Å². The van der Waals surface area contributed by atoms with Gasteiger partial charge in [0.25, 0.3) is 0 Å². The molecule has 2 aliphatic heterocycles. The number of carbonyl (C=O) groups is 1. The van der Waals surface area contributed by atoms with Crippen LogP contribution in [0.4, 0.5) is 0 Å². The van der Waals surface area contributed by atoms with Crippen LogP contribution in [0.1, 0.15) is 29.5 Å². The number of sulfonamides is 1. The molecule has 0 aromatic heterocycles. The minimum Gasteiger partial charge on any atom is -0.340 e. The third kappa shape index (κ3) is 6.56. The standard InChI is InChI=1S/C27H35N3O3S/c1-23-9-11-25(12-10-23)22-34(32,33)30-16-13-26(14-17-30)27(31)29-20-18-28(19-21-29)15-5-8-24-6-3-2-4-7-24/h2-12,26H,13-22H2,1H3/b8-5+. The van der Waals surface area contributed by atoms with Crippen molar-refractivity contribution in [1.82, 2.24) is 14.1 Å². The zero-order valence-electron chi connectivity index (χ0n) is 20.0. The van der Waals surface area contributed by atoms with Gasteiger partial charge in [-0.25, -0.2) is 12.7 Å². The van der Waals surface area contributed by atoms with E-state index in [4.69, 9.17) is 0 Å². The Balaban J connectivity index is 1.21. The van der Waals surface area contributed by atoms with E-state index in [1.54, 1.807) is 4.31 Å². The number of hydrogen-bond donors (Lipinski definition) is 0. The zero-order chi connectivity index (χ0) is 24.0. The number of nitrogens with zero attached hydrogens (tertiary/aromatic N) is 3. The lowest BCUT2D eigenvalue weighted by Gasteiger charge is -2.38. The van der Waals surface area contributed by atoms with Crippen LogP contribution in [-0.4, -0.2) is 74.2 Å². The minimum absolute atomic E-state index is 0.0204. The van der Waals surface area contributed by atoms with Crippen LogP contribution in [-0.2, 0) is 20.6 Å². The molecule has 0 radical (unpaired) electrons. The molecule has 2 aliphatic rings. The molecule has 2 aromatic carbocycles. The summed E-state index contributed by atoms with van der Waals surface area (Å²) in [6.45, 7) is 6.94. The number of carbonyl (C=O) groups excluding carboxylic acids is 1. The number of benzene rings is 2. The van der Waals surface area contributed by atoms with Gasteiger partial charge in [0, 0.05) is 51.7 Å². The number of rotatable bonds is 7. The third-order valence-electron chi connectivity index (χ3n) is 6.82. The average molecular weight is 482 g/mol. The van der Waals surface area contributed by atoms with Crippen LogP contribution < -0.4 is 0 Å². The second-order valence-corrected chi connectivity index (χ2v) is 11.3. The average Bonchev–Trinajstić information content (AvgIpc) is 2.86. The Bertz CT molecular complexity index is 1070. The molecule has 0 aliphatic carbocycles. The van der Waals surface area contributed by atoms with Gasteiger partial charge in [0.1, 0.15) is 0 Å². The largest absolute Gasteiger partial charge is 0.340 e. The molecule has 0 bridgehead atoms. The lowest BCUT2D eigenvalue weighted by atomic mass is 9.96. The van der Waals surface area contributed by atoms with Crippen molar-refractivity contribution in [1.29, 1.82) is 0 Å². The number of amides is 1. The Hall–Kier alpha value is -2.48. The minimum atomic E-state index is -3.36. The highest BCUT2D eigenvalue weighted by atomic mass is 32.2. The first-order valence-corrected chi connectivity index (χ1v) is 13.8. The first-order chi connectivity index (χ1) is 16.4. The third-order valence-corrected chi connectivity index (χ3v) is 8.67. The van der Waals surface area contributed by atoms with Gasteiger partial charge in [-0.2, -0.15) is 0 Å². The molecule has 6 nitrogen and oxygen atoms in total. The van der Waals surface area contributed by atoms with Crippen LogP contribution in [0.15, 0.2) is 60.7 Å². The summed E-state index contributed by atoms with van der Waals surface area (Å²) in [5.74, 6) is 0.137. The molecule has 0 spiro atoms. The van der Waals surface area contributed by atoms with E-state index in [0.29, 0.717) is 25.9 Å². The summed E-state index contributed by atoms with van der Waals surface area (Å²) >= 11 is 0. The van der Waals surface area contributed by atoms with Gasteiger partial charge in [0.2, 0.25) is 15.9 Å². The van der Waals surface area contributed by atoms with Crippen molar-refractivity contribution in [2.75, 3.05) is 45.8 Å². The van der Waals surface area contributed by atoms with Crippen molar-refractivity contribution < 1.29 is 13.2 Å². The summed E-state index contributed by atoms with van der Waals surface area (Å²) in [5, 5.41) is 0. The molecule has 34 heavy (non-hydrogen) atoms. The van der Waals surface area contributed by atoms with Crippen LogP contribution in [0.3, 0.4) is 0 Å². The number of piperidine rings is 1. The first kappa shape index (κ1) is 24.6. The summed E-state index contributed by atoms with van der Waals surface area (Å²) in [6, 6.07) is 17.9. The fraction of sp³-hybridized carbons (Fsp3) is 0.444.